The number of alkyl halides is 3. The molecule has 0 fully saturated rings. The molecule has 0 aliphatic rings. The third kappa shape index (κ3) is 3.87. The van der Waals surface area contributed by atoms with Gasteiger partial charge in [0.2, 0.25) is 0 Å². The van der Waals surface area contributed by atoms with Crippen LogP contribution in [0.5, 0.6) is 0 Å². The van der Waals surface area contributed by atoms with E-state index in [2.05, 4.69) is 15.5 Å². The first-order valence-corrected chi connectivity index (χ1v) is 7.08. The second-order valence-electron chi connectivity index (χ2n) is 6.76. The van der Waals surface area contributed by atoms with E-state index < -0.39 is 17.3 Å². The Morgan fingerprint density at radius 2 is 1.70 bits per heavy atom. The van der Waals surface area contributed by atoms with Crippen LogP contribution in [0.4, 0.5) is 13.2 Å². The van der Waals surface area contributed by atoms with Crippen molar-refractivity contribution in [2.45, 2.75) is 51.4 Å². The van der Waals surface area contributed by atoms with Gasteiger partial charge in [0.15, 0.2) is 5.82 Å². The van der Waals surface area contributed by atoms with Gasteiger partial charge >= 0.3 is 6.18 Å². The molecule has 1 unspecified atom stereocenters. The number of nitrogens with zero attached hydrogens (tertiary/aromatic N) is 4. The molecule has 0 radical (unpaired) electrons. The Morgan fingerprint density at radius 1 is 1.09 bits per heavy atom. The molecule has 1 atom stereocenters. The second kappa shape index (κ2) is 5.59. The summed E-state index contributed by atoms with van der Waals surface area (Å²) in [6.07, 6.45) is -4.46. The Morgan fingerprint density at radius 3 is 2.26 bits per heavy atom. The Labute approximate surface area is 132 Å². The first-order valence-electron chi connectivity index (χ1n) is 7.08. The fraction of sp³-hybridized carbons (Fsp3) is 0.533. The number of hydrogen-bond donors (Lipinski definition) is 1. The zero-order valence-corrected chi connectivity index (χ0v) is 13.4. The highest BCUT2D eigenvalue weighted by Gasteiger charge is 2.34. The summed E-state index contributed by atoms with van der Waals surface area (Å²) in [4.78, 5) is 0. The Kier molecular flexibility index (Phi) is 4.23. The number of hydrogen-bond acceptors (Lipinski definition) is 4. The van der Waals surface area contributed by atoms with Gasteiger partial charge in [-0.3, -0.25) is 0 Å². The van der Waals surface area contributed by atoms with Gasteiger partial charge < -0.3 is 5.11 Å². The third-order valence-electron chi connectivity index (χ3n) is 3.47. The van der Waals surface area contributed by atoms with Crippen LogP contribution in [0, 0.1) is 0 Å². The van der Waals surface area contributed by atoms with Crippen molar-refractivity contribution in [1.82, 2.24) is 20.2 Å². The zero-order chi connectivity index (χ0) is 17.5. The fourth-order valence-corrected chi connectivity index (χ4v) is 2.26. The minimum absolute atomic E-state index is 0.0477. The van der Waals surface area contributed by atoms with E-state index in [4.69, 9.17) is 0 Å². The lowest BCUT2D eigenvalue weighted by molar-refractivity contribution is -0.137. The number of aromatic nitrogens is 4. The number of aliphatic hydroxyl groups is 1. The van der Waals surface area contributed by atoms with Gasteiger partial charge in [0, 0.05) is 5.41 Å². The minimum atomic E-state index is -4.46. The maximum absolute atomic E-state index is 12.8. The molecule has 0 saturated carbocycles. The number of rotatable bonds is 3. The maximum Gasteiger partial charge on any atom is 0.416 e. The van der Waals surface area contributed by atoms with Crippen molar-refractivity contribution >= 4 is 0 Å². The van der Waals surface area contributed by atoms with Crippen LogP contribution in [-0.2, 0) is 23.7 Å². The summed E-state index contributed by atoms with van der Waals surface area (Å²) in [7, 11) is 0. The molecule has 0 aliphatic heterocycles. The SMILES string of the molecule is CC(C)(C)c1nnnn1CC(C)(O)c1cccc(C(F)(F)F)c1. The number of halogens is 3. The van der Waals surface area contributed by atoms with Gasteiger partial charge in [0.05, 0.1) is 12.1 Å². The molecule has 1 heterocycles. The molecule has 1 aromatic heterocycles. The lowest BCUT2D eigenvalue weighted by Crippen LogP contribution is -2.32. The van der Waals surface area contributed by atoms with Crippen molar-refractivity contribution in [3.63, 3.8) is 0 Å². The van der Waals surface area contributed by atoms with Crippen LogP contribution in [-0.4, -0.2) is 25.3 Å². The average molecular weight is 328 g/mol. The monoisotopic (exact) mass is 328 g/mol. The molecule has 2 rings (SSSR count). The summed E-state index contributed by atoms with van der Waals surface area (Å²) in [6, 6.07) is 4.64. The minimum Gasteiger partial charge on any atom is -0.384 e. The van der Waals surface area contributed by atoms with Crippen LogP contribution in [0.1, 0.15) is 44.6 Å². The molecule has 0 bridgehead atoms. The normalized spacial score (nSPS) is 15.5. The van der Waals surface area contributed by atoms with Crippen LogP contribution < -0.4 is 0 Å². The topological polar surface area (TPSA) is 63.8 Å². The van der Waals surface area contributed by atoms with Crippen molar-refractivity contribution in [1.29, 1.82) is 0 Å². The highest BCUT2D eigenvalue weighted by molar-refractivity contribution is 5.29. The average Bonchev–Trinajstić information content (AvgIpc) is 2.85. The standard InChI is InChI=1S/C15H19F3N4O/c1-13(2,3)12-19-20-21-22(12)9-14(4,23)10-6-5-7-11(8-10)15(16,17)18/h5-8,23H,9H2,1-4H3. The first-order chi connectivity index (χ1) is 10.4. The van der Waals surface area contributed by atoms with Gasteiger partial charge in [0.1, 0.15) is 5.60 Å². The Hall–Kier alpha value is -1.96. The largest absolute Gasteiger partial charge is 0.416 e. The van der Waals surface area contributed by atoms with Gasteiger partial charge in [0.25, 0.3) is 0 Å². The van der Waals surface area contributed by atoms with Crippen molar-refractivity contribution in [3.05, 3.63) is 41.2 Å². The molecule has 23 heavy (non-hydrogen) atoms. The van der Waals surface area contributed by atoms with E-state index in [9.17, 15) is 18.3 Å². The molecule has 1 N–H and O–H groups in total. The van der Waals surface area contributed by atoms with Gasteiger partial charge in [-0.25, -0.2) is 4.68 Å². The summed E-state index contributed by atoms with van der Waals surface area (Å²) in [6.45, 7) is 7.13. The van der Waals surface area contributed by atoms with E-state index in [1.165, 1.54) is 23.7 Å². The Balaban J connectivity index is 2.35. The van der Waals surface area contributed by atoms with E-state index in [1.54, 1.807) is 0 Å². The zero-order valence-electron chi connectivity index (χ0n) is 13.4. The molecule has 2 aromatic rings. The van der Waals surface area contributed by atoms with E-state index >= 15 is 0 Å². The van der Waals surface area contributed by atoms with E-state index in [-0.39, 0.29) is 17.5 Å². The third-order valence-corrected chi connectivity index (χ3v) is 3.47. The lowest BCUT2D eigenvalue weighted by atomic mass is 9.92. The summed E-state index contributed by atoms with van der Waals surface area (Å²) < 4.78 is 39.9. The summed E-state index contributed by atoms with van der Waals surface area (Å²) in [5, 5.41) is 22.0. The fourth-order valence-electron chi connectivity index (χ4n) is 2.26. The number of benzene rings is 1. The number of tetrazole rings is 1. The second-order valence-corrected chi connectivity index (χ2v) is 6.76. The van der Waals surface area contributed by atoms with E-state index in [0.29, 0.717) is 5.82 Å². The van der Waals surface area contributed by atoms with Gasteiger partial charge in [-0.15, -0.1) is 5.10 Å². The van der Waals surface area contributed by atoms with Crippen LogP contribution in [0.25, 0.3) is 0 Å². The van der Waals surface area contributed by atoms with Crippen molar-refractivity contribution in [3.8, 4) is 0 Å². The predicted octanol–water partition coefficient (Wildman–Crippen LogP) is 2.90. The molecule has 126 valence electrons. The van der Waals surface area contributed by atoms with Crippen molar-refractivity contribution in [2.24, 2.45) is 0 Å². The molecule has 0 amide bonds. The quantitative estimate of drug-likeness (QED) is 0.941. The Bertz CT molecular complexity index is 687. The summed E-state index contributed by atoms with van der Waals surface area (Å²) >= 11 is 0. The van der Waals surface area contributed by atoms with Crippen molar-refractivity contribution in [2.75, 3.05) is 0 Å². The molecule has 0 saturated heterocycles. The maximum atomic E-state index is 12.8. The molecular weight excluding hydrogens is 309 g/mol. The van der Waals surface area contributed by atoms with E-state index in [1.807, 2.05) is 20.8 Å². The predicted molar refractivity (Wildman–Crippen MR) is 77.5 cm³/mol. The van der Waals surface area contributed by atoms with E-state index in [0.717, 1.165) is 12.1 Å². The summed E-state index contributed by atoms with van der Waals surface area (Å²) in [5.41, 5.74) is -2.55. The van der Waals surface area contributed by atoms with Crippen molar-refractivity contribution < 1.29 is 18.3 Å². The highest BCUT2D eigenvalue weighted by atomic mass is 19.4. The lowest BCUT2D eigenvalue weighted by Gasteiger charge is -2.26. The summed E-state index contributed by atoms with van der Waals surface area (Å²) in [5.74, 6) is 0.546. The molecule has 8 heteroatoms. The van der Waals surface area contributed by atoms with Crippen LogP contribution in [0.3, 0.4) is 0 Å². The molecule has 0 aliphatic carbocycles. The highest BCUT2D eigenvalue weighted by Crippen LogP contribution is 2.33. The molecule has 0 spiro atoms. The molecule has 1 aromatic carbocycles. The molecule has 5 nitrogen and oxygen atoms in total. The van der Waals surface area contributed by atoms with Crippen LogP contribution in [0.2, 0.25) is 0 Å². The van der Waals surface area contributed by atoms with Crippen LogP contribution >= 0.6 is 0 Å². The smallest absolute Gasteiger partial charge is 0.384 e. The van der Waals surface area contributed by atoms with Gasteiger partial charge in [-0.1, -0.05) is 32.9 Å². The van der Waals surface area contributed by atoms with Gasteiger partial charge in [-0.05, 0) is 35.0 Å². The first kappa shape index (κ1) is 17.4. The van der Waals surface area contributed by atoms with Gasteiger partial charge in [-0.2, -0.15) is 13.2 Å². The molecular formula is C15H19F3N4O. The van der Waals surface area contributed by atoms with Crippen LogP contribution in [0.15, 0.2) is 24.3 Å².